The Hall–Kier alpha value is -2.22. The van der Waals surface area contributed by atoms with Crippen LogP contribution in [-0.2, 0) is 43.5 Å². The van der Waals surface area contributed by atoms with Gasteiger partial charge in [0.1, 0.15) is 42.7 Å². The van der Waals surface area contributed by atoms with E-state index in [1.54, 1.807) is 0 Å². The third-order valence-electron chi connectivity index (χ3n) is 7.19. The third-order valence-corrected chi connectivity index (χ3v) is 8.15. The van der Waals surface area contributed by atoms with Crippen LogP contribution in [0.3, 0.4) is 0 Å². The lowest BCUT2D eigenvalue weighted by atomic mass is 9.90. The largest absolute Gasteiger partial charge is 0.394 e. The maximum Gasteiger partial charge on any atom is 0.172 e. The second kappa shape index (κ2) is 16.6. The molecule has 0 saturated carbocycles. The first kappa shape index (κ1) is 32.7. The summed E-state index contributed by atoms with van der Waals surface area (Å²) in [6, 6.07) is 28.6. The van der Waals surface area contributed by atoms with Crippen LogP contribution >= 0.6 is 15.9 Å². The average Bonchev–Trinajstić information content (AvgIpc) is 3.04. The van der Waals surface area contributed by atoms with Gasteiger partial charge in [0.15, 0.2) is 6.29 Å². The Bertz CT molecular complexity index is 1160. The average molecular weight is 648 g/mol. The van der Waals surface area contributed by atoms with Crippen molar-refractivity contribution in [2.24, 2.45) is 0 Å². The number of benzene rings is 3. The fourth-order valence-corrected chi connectivity index (χ4v) is 5.67. The second-order valence-corrected chi connectivity index (χ2v) is 11.2. The molecule has 4 rings (SSSR count). The van der Waals surface area contributed by atoms with Crippen LogP contribution in [0, 0.1) is 0 Å². The molecule has 3 aromatic carbocycles. The van der Waals surface area contributed by atoms with Gasteiger partial charge >= 0.3 is 0 Å². The Morgan fingerprint density at radius 2 is 1.19 bits per heavy atom. The molecule has 4 N–H and O–H groups in total. The number of aliphatic hydroxyl groups is 4. The van der Waals surface area contributed by atoms with Crippen LogP contribution in [0.25, 0.3) is 0 Å². The predicted molar refractivity (Wildman–Crippen MR) is 159 cm³/mol. The molecule has 9 nitrogen and oxygen atoms in total. The molecule has 0 aliphatic carbocycles. The van der Waals surface area contributed by atoms with Crippen molar-refractivity contribution < 1.29 is 44.1 Å². The first-order valence-electron chi connectivity index (χ1n) is 13.9. The number of ether oxygens (including phenoxy) is 5. The molecule has 9 atom stereocenters. The van der Waals surface area contributed by atoms with Crippen molar-refractivity contribution in [3.63, 3.8) is 0 Å². The zero-order valence-corrected chi connectivity index (χ0v) is 25.0. The van der Waals surface area contributed by atoms with E-state index in [4.69, 9.17) is 23.7 Å². The molecule has 0 amide bonds. The molecule has 10 heteroatoms. The van der Waals surface area contributed by atoms with E-state index in [-0.39, 0.29) is 19.8 Å². The van der Waals surface area contributed by atoms with Gasteiger partial charge in [-0.3, -0.25) is 0 Å². The Labute approximate surface area is 254 Å². The number of aliphatic hydroxyl groups excluding tert-OH is 4. The van der Waals surface area contributed by atoms with Gasteiger partial charge in [0.05, 0.1) is 31.3 Å². The monoisotopic (exact) mass is 646 g/mol. The van der Waals surface area contributed by atoms with Crippen LogP contribution < -0.4 is 0 Å². The minimum atomic E-state index is -1.74. The number of methoxy groups -OCH3 is 1. The van der Waals surface area contributed by atoms with Crippen molar-refractivity contribution in [2.45, 2.75) is 73.7 Å². The highest BCUT2D eigenvalue weighted by molar-refractivity contribution is 9.09. The topological polar surface area (TPSA) is 127 Å². The molecule has 1 fully saturated rings. The van der Waals surface area contributed by atoms with E-state index in [0.717, 1.165) is 16.7 Å². The SMILES string of the molecule is COC1O[C@H]([C@@H](OCc2ccccc2)[C@@H](O)[C@H](O)[C@H](O)CO)[C@@H](OCc2ccccc2)[C@H](OCc2ccccc2)[C@@H]1Br. The Kier molecular flexibility index (Phi) is 12.9. The van der Waals surface area contributed by atoms with Crippen LogP contribution in [0.15, 0.2) is 91.0 Å². The van der Waals surface area contributed by atoms with Gasteiger partial charge in [0, 0.05) is 7.11 Å². The third kappa shape index (κ3) is 8.67. The van der Waals surface area contributed by atoms with E-state index in [9.17, 15) is 20.4 Å². The highest BCUT2D eigenvalue weighted by Crippen LogP contribution is 2.36. The van der Waals surface area contributed by atoms with Crippen molar-refractivity contribution in [1.82, 2.24) is 0 Å². The lowest BCUT2D eigenvalue weighted by Gasteiger charge is -2.47. The molecule has 1 aliphatic rings. The summed E-state index contributed by atoms with van der Waals surface area (Å²) in [6.07, 6.45) is -9.55. The van der Waals surface area contributed by atoms with E-state index in [0.29, 0.717) is 0 Å². The second-order valence-electron chi connectivity index (χ2n) is 10.2. The maximum atomic E-state index is 11.4. The van der Waals surface area contributed by atoms with E-state index in [1.165, 1.54) is 7.11 Å². The molecule has 1 aliphatic heterocycles. The first-order chi connectivity index (χ1) is 20.4. The summed E-state index contributed by atoms with van der Waals surface area (Å²) in [5, 5.41) is 41.8. The van der Waals surface area contributed by atoms with Crippen LogP contribution in [0.4, 0.5) is 0 Å². The molecule has 0 bridgehead atoms. The molecular weight excluding hydrogens is 608 g/mol. The predicted octanol–water partition coefficient (Wildman–Crippen LogP) is 2.95. The minimum absolute atomic E-state index is 0.0701. The summed E-state index contributed by atoms with van der Waals surface area (Å²) in [7, 11) is 1.50. The number of hydrogen-bond acceptors (Lipinski definition) is 9. The van der Waals surface area contributed by atoms with Gasteiger partial charge in [-0.25, -0.2) is 0 Å². The van der Waals surface area contributed by atoms with Gasteiger partial charge in [-0.1, -0.05) is 107 Å². The Balaban J connectivity index is 1.68. The smallest absolute Gasteiger partial charge is 0.172 e. The molecule has 1 unspecified atom stereocenters. The molecule has 0 radical (unpaired) electrons. The summed E-state index contributed by atoms with van der Waals surface area (Å²) in [5.74, 6) is 0. The Morgan fingerprint density at radius 3 is 1.67 bits per heavy atom. The van der Waals surface area contributed by atoms with Gasteiger partial charge in [-0.2, -0.15) is 0 Å². The van der Waals surface area contributed by atoms with Gasteiger partial charge in [-0.15, -0.1) is 0 Å². The molecule has 3 aromatic rings. The van der Waals surface area contributed by atoms with Gasteiger partial charge in [0.2, 0.25) is 0 Å². The van der Waals surface area contributed by atoms with Crippen LogP contribution in [-0.4, -0.2) is 88.0 Å². The lowest BCUT2D eigenvalue weighted by Crippen LogP contribution is -2.64. The number of alkyl halides is 1. The lowest BCUT2D eigenvalue weighted by molar-refractivity contribution is -0.294. The summed E-state index contributed by atoms with van der Waals surface area (Å²) in [5.41, 5.74) is 2.69. The normalized spacial score (nSPS) is 25.4. The molecule has 42 heavy (non-hydrogen) atoms. The van der Waals surface area contributed by atoms with Crippen molar-refractivity contribution in [3.8, 4) is 0 Å². The fraction of sp³-hybridized carbons (Fsp3) is 0.438. The van der Waals surface area contributed by atoms with Gasteiger partial charge in [-0.05, 0) is 16.7 Å². The van der Waals surface area contributed by atoms with Gasteiger partial charge < -0.3 is 44.1 Å². The number of hydrogen-bond donors (Lipinski definition) is 4. The fourth-order valence-electron chi connectivity index (χ4n) is 4.87. The van der Waals surface area contributed by atoms with Crippen LogP contribution in [0.2, 0.25) is 0 Å². The first-order valence-corrected chi connectivity index (χ1v) is 14.8. The molecule has 0 spiro atoms. The van der Waals surface area contributed by atoms with Crippen molar-refractivity contribution >= 4 is 15.9 Å². The van der Waals surface area contributed by atoms with Crippen molar-refractivity contribution in [2.75, 3.05) is 13.7 Å². The molecule has 1 heterocycles. The molecule has 228 valence electrons. The summed E-state index contributed by atoms with van der Waals surface area (Å²) >= 11 is 3.69. The zero-order valence-electron chi connectivity index (χ0n) is 23.4. The summed E-state index contributed by atoms with van der Waals surface area (Å²) in [4.78, 5) is -0.469. The summed E-state index contributed by atoms with van der Waals surface area (Å²) < 4.78 is 31.2. The van der Waals surface area contributed by atoms with Crippen LogP contribution in [0.5, 0.6) is 0 Å². The van der Waals surface area contributed by atoms with E-state index < -0.39 is 60.5 Å². The highest BCUT2D eigenvalue weighted by Gasteiger charge is 2.52. The molecule has 1 saturated heterocycles. The number of rotatable bonds is 15. The van der Waals surface area contributed by atoms with E-state index in [2.05, 4.69) is 15.9 Å². The van der Waals surface area contributed by atoms with E-state index >= 15 is 0 Å². The molecular formula is C32H39BrO9. The standard InChI is InChI=1S/C32H39BrO9/c1-38-32-25(33)28(39-18-21-11-5-2-6-12-21)30(41-20-23-15-9-4-10-16-23)31(42-32)29(27(37)26(36)24(35)17-34)40-19-22-13-7-3-8-14-22/h2-16,24-32,34-37H,17-20H2,1H3/t24-,25+,26-,27+,28-,29+,30+,31-,32?/m1/s1. The summed E-state index contributed by atoms with van der Waals surface area (Å²) in [6.45, 7) is -0.208. The molecule has 0 aromatic heterocycles. The van der Waals surface area contributed by atoms with Crippen molar-refractivity contribution in [3.05, 3.63) is 108 Å². The van der Waals surface area contributed by atoms with E-state index in [1.807, 2.05) is 91.0 Å². The zero-order chi connectivity index (χ0) is 29.9. The van der Waals surface area contributed by atoms with Crippen molar-refractivity contribution in [1.29, 1.82) is 0 Å². The van der Waals surface area contributed by atoms with Crippen LogP contribution in [0.1, 0.15) is 16.7 Å². The minimum Gasteiger partial charge on any atom is -0.394 e. The number of halogens is 1. The quantitative estimate of drug-likeness (QED) is 0.184. The maximum absolute atomic E-state index is 11.4. The Morgan fingerprint density at radius 1 is 0.714 bits per heavy atom. The van der Waals surface area contributed by atoms with Gasteiger partial charge in [0.25, 0.3) is 0 Å². The highest BCUT2D eigenvalue weighted by atomic mass is 79.9.